The molecule has 0 saturated heterocycles. The zero-order valence-electron chi connectivity index (χ0n) is 18.6. The molecule has 0 radical (unpaired) electrons. The number of hydrogen-bond donors (Lipinski definition) is 2. The highest BCUT2D eigenvalue weighted by Gasteiger charge is 2.30. The monoisotopic (exact) mass is 412 g/mol. The lowest BCUT2D eigenvalue weighted by Gasteiger charge is -2.27. The second-order valence-corrected chi connectivity index (χ2v) is 8.60. The second kappa shape index (κ2) is 10.2. The normalized spacial score (nSPS) is 15.5. The predicted octanol–water partition coefficient (Wildman–Crippen LogP) is 3.85. The molecule has 0 spiro atoms. The fourth-order valence-electron chi connectivity index (χ4n) is 4.40. The summed E-state index contributed by atoms with van der Waals surface area (Å²) >= 11 is 0. The molecular formula is C25H36N2O3. The van der Waals surface area contributed by atoms with Gasteiger partial charge in [-0.15, -0.1) is 0 Å². The minimum Gasteiger partial charge on any atom is -0.493 e. The second-order valence-electron chi connectivity index (χ2n) is 8.60. The average molecular weight is 413 g/mol. The largest absolute Gasteiger partial charge is 0.493 e. The molecule has 3 rings (SSSR count). The lowest BCUT2D eigenvalue weighted by Crippen LogP contribution is -2.31. The fourth-order valence-corrected chi connectivity index (χ4v) is 4.40. The van der Waals surface area contributed by atoms with Crippen LogP contribution in [0.5, 0.6) is 11.5 Å². The van der Waals surface area contributed by atoms with Crippen molar-refractivity contribution in [2.75, 3.05) is 40.1 Å². The summed E-state index contributed by atoms with van der Waals surface area (Å²) in [6.07, 6.45) is 6.15. The van der Waals surface area contributed by atoms with E-state index in [1.54, 1.807) is 14.2 Å². The number of anilines is 1. The van der Waals surface area contributed by atoms with Crippen LogP contribution in [0.1, 0.15) is 42.4 Å². The number of rotatable bonds is 9. The van der Waals surface area contributed by atoms with Crippen LogP contribution in [0.15, 0.2) is 36.4 Å². The molecule has 3 N–H and O–H groups in total. The van der Waals surface area contributed by atoms with Gasteiger partial charge in [0, 0.05) is 12.2 Å². The molecule has 1 aliphatic rings. The molecule has 0 bridgehead atoms. The first-order valence-corrected chi connectivity index (χ1v) is 10.9. The number of nitrogens with two attached hydrogens (primary N) is 1. The highest BCUT2D eigenvalue weighted by Crippen LogP contribution is 2.37. The number of ether oxygens (including phenoxy) is 2. The van der Waals surface area contributed by atoms with Crippen LogP contribution in [0.25, 0.3) is 0 Å². The van der Waals surface area contributed by atoms with Gasteiger partial charge in [0.2, 0.25) is 0 Å². The predicted molar refractivity (Wildman–Crippen MR) is 122 cm³/mol. The number of aryl methyl sites for hydroxylation is 2. The Balaban J connectivity index is 1.48. The van der Waals surface area contributed by atoms with Gasteiger partial charge in [0.05, 0.1) is 19.8 Å². The minimum atomic E-state index is -0.603. The van der Waals surface area contributed by atoms with Crippen LogP contribution in [-0.2, 0) is 19.3 Å². The summed E-state index contributed by atoms with van der Waals surface area (Å²) in [5.41, 5.74) is 9.89. The molecule has 0 aliphatic heterocycles. The van der Waals surface area contributed by atoms with E-state index in [1.165, 1.54) is 16.7 Å². The number of fused-ring (bicyclic) bond motifs is 1. The van der Waals surface area contributed by atoms with Gasteiger partial charge in [-0.1, -0.05) is 12.1 Å². The third kappa shape index (κ3) is 5.89. The Labute approximate surface area is 180 Å². The van der Waals surface area contributed by atoms with E-state index < -0.39 is 5.60 Å². The van der Waals surface area contributed by atoms with Crippen molar-refractivity contribution >= 4 is 5.69 Å². The maximum absolute atomic E-state index is 11.2. The van der Waals surface area contributed by atoms with Crippen molar-refractivity contribution in [3.8, 4) is 11.5 Å². The average Bonchev–Trinajstić information content (AvgIpc) is 2.90. The van der Waals surface area contributed by atoms with Gasteiger partial charge in [-0.05, 0) is 99.5 Å². The van der Waals surface area contributed by atoms with Crippen LogP contribution in [0.4, 0.5) is 5.69 Å². The minimum absolute atomic E-state index is 0.603. The van der Waals surface area contributed by atoms with Crippen LogP contribution >= 0.6 is 0 Å². The number of likely N-dealkylation sites (N-methyl/N-ethyl adjacent to an activating group) is 1. The topological polar surface area (TPSA) is 68.0 Å². The summed E-state index contributed by atoms with van der Waals surface area (Å²) < 4.78 is 10.9. The number of hydrogen-bond acceptors (Lipinski definition) is 5. The highest BCUT2D eigenvalue weighted by molar-refractivity contribution is 5.48. The van der Waals surface area contributed by atoms with Crippen LogP contribution in [0, 0.1) is 0 Å². The Bertz CT molecular complexity index is 802. The van der Waals surface area contributed by atoms with E-state index in [9.17, 15) is 5.11 Å². The smallest absolute Gasteiger partial charge is 0.161 e. The summed E-state index contributed by atoms with van der Waals surface area (Å²) in [4.78, 5) is 2.34. The number of nitrogen functional groups attached to an aromatic ring is 1. The number of nitrogens with zero attached hydrogens (tertiary/aromatic N) is 1. The standard InChI is InChI=1S/C25H36N2O3/c1-27(15-10-19-6-4-7-22(26)16-19)14-5-11-25(28)12-8-20-17-23(29-2)24(30-3)18-21(20)9-13-25/h4,6-7,16-18,28H,5,8-15,26H2,1-3H3. The summed E-state index contributed by atoms with van der Waals surface area (Å²) in [5.74, 6) is 1.53. The van der Waals surface area contributed by atoms with Crippen molar-refractivity contribution in [3.63, 3.8) is 0 Å². The van der Waals surface area contributed by atoms with Crippen molar-refractivity contribution in [2.45, 2.75) is 50.5 Å². The SMILES string of the molecule is COc1cc2c(cc1OC)CCC(O)(CCCN(C)CCc1cccc(N)c1)CC2. The fraction of sp³-hybridized carbons (Fsp3) is 0.520. The first-order valence-electron chi connectivity index (χ1n) is 10.9. The summed E-state index contributed by atoms with van der Waals surface area (Å²) in [6.45, 7) is 1.98. The molecular weight excluding hydrogens is 376 g/mol. The van der Waals surface area contributed by atoms with Gasteiger partial charge in [0.15, 0.2) is 11.5 Å². The zero-order valence-corrected chi connectivity index (χ0v) is 18.6. The maximum atomic E-state index is 11.2. The molecule has 2 aromatic carbocycles. The Kier molecular flexibility index (Phi) is 7.62. The Morgan fingerprint density at radius 1 is 1.00 bits per heavy atom. The van der Waals surface area contributed by atoms with Crippen molar-refractivity contribution in [3.05, 3.63) is 53.1 Å². The van der Waals surface area contributed by atoms with Crippen LogP contribution in [0.3, 0.4) is 0 Å². The van der Waals surface area contributed by atoms with Gasteiger partial charge in [0.25, 0.3) is 0 Å². The van der Waals surface area contributed by atoms with Gasteiger partial charge >= 0.3 is 0 Å². The summed E-state index contributed by atoms with van der Waals surface area (Å²) in [6, 6.07) is 12.2. The van der Waals surface area contributed by atoms with E-state index in [0.717, 1.165) is 75.2 Å². The highest BCUT2D eigenvalue weighted by atomic mass is 16.5. The molecule has 1 aliphatic carbocycles. The van der Waals surface area contributed by atoms with Crippen LogP contribution in [0.2, 0.25) is 0 Å². The molecule has 0 saturated carbocycles. The molecule has 0 unspecified atom stereocenters. The molecule has 0 amide bonds. The zero-order chi connectivity index (χ0) is 21.6. The van der Waals surface area contributed by atoms with E-state index >= 15 is 0 Å². The summed E-state index contributed by atoms with van der Waals surface area (Å²) in [7, 11) is 5.49. The quantitative estimate of drug-likeness (QED) is 0.484. The van der Waals surface area contributed by atoms with Crippen molar-refractivity contribution in [1.29, 1.82) is 0 Å². The Morgan fingerprint density at radius 3 is 2.20 bits per heavy atom. The Morgan fingerprint density at radius 2 is 1.63 bits per heavy atom. The molecule has 164 valence electrons. The molecule has 0 atom stereocenters. The molecule has 0 fully saturated rings. The van der Waals surface area contributed by atoms with Crippen molar-refractivity contribution in [2.24, 2.45) is 0 Å². The third-order valence-corrected chi connectivity index (χ3v) is 6.34. The third-order valence-electron chi connectivity index (χ3n) is 6.34. The first-order chi connectivity index (χ1) is 14.4. The van der Waals surface area contributed by atoms with E-state index in [0.29, 0.717) is 0 Å². The Hall–Kier alpha value is -2.24. The summed E-state index contributed by atoms with van der Waals surface area (Å²) in [5, 5.41) is 11.2. The molecule has 2 aromatic rings. The van der Waals surface area contributed by atoms with Crippen molar-refractivity contribution in [1.82, 2.24) is 4.90 Å². The van der Waals surface area contributed by atoms with E-state index in [-0.39, 0.29) is 0 Å². The van der Waals surface area contributed by atoms with Crippen LogP contribution < -0.4 is 15.2 Å². The molecule has 0 heterocycles. The van der Waals surface area contributed by atoms with Crippen molar-refractivity contribution < 1.29 is 14.6 Å². The van der Waals surface area contributed by atoms with Gasteiger partial charge in [-0.25, -0.2) is 0 Å². The maximum Gasteiger partial charge on any atom is 0.161 e. The van der Waals surface area contributed by atoms with E-state index in [2.05, 4.69) is 30.1 Å². The molecule has 5 heteroatoms. The van der Waals surface area contributed by atoms with Crippen LogP contribution in [-0.4, -0.2) is 50.0 Å². The molecule has 0 aromatic heterocycles. The van der Waals surface area contributed by atoms with E-state index in [4.69, 9.17) is 15.2 Å². The van der Waals surface area contributed by atoms with E-state index in [1.807, 2.05) is 18.2 Å². The lowest BCUT2D eigenvalue weighted by atomic mass is 9.89. The van der Waals surface area contributed by atoms with Gasteiger partial charge in [0.1, 0.15) is 0 Å². The number of methoxy groups -OCH3 is 2. The number of benzene rings is 2. The van der Waals surface area contributed by atoms with Gasteiger partial charge in [-0.2, -0.15) is 0 Å². The van der Waals surface area contributed by atoms with Gasteiger partial charge in [-0.3, -0.25) is 0 Å². The van der Waals surface area contributed by atoms with Gasteiger partial charge < -0.3 is 25.2 Å². The molecule has 5 nitrogen and oxygen atoms in total. The first kappa shape index (κ1) is 22.4. The number of aliphatic hydroxyl groups is 1. The lowest BCUT2D eigenvalue weighted by molar-refractivity contribution is 0.0135. The molecule has 30 heavy (non-hydrogen) atoms.